The van der Waals surface area contributed by atoms with Crippen LogP contribution in [0.3, 0.4) is 0 Å². The highest BCUT2D eigenvalue weighted by molar-refractivity contribution is 5.77. The molecule has 1 amide bonds. The summed E-state index contributed by atoms with van der Waals surface area (Å²) in [6.07, 6.45) is 0.648. The SMILES string of the molecule is CCC(C(N)=O)[C@@H](CO)c1ccccc1. The van der Waals surface area contributed by atoms with Crippen molar-refractivity contribution in [3.05, 3.63) is 35.9 Å². The number of benzene rings is 1. The summed E-state index contributed by atoms with van der Waals surface area (Å²) in [5.41, 5.74) is 6.27. The molecule has 3 N–H and O–H groups in total. The van der Waals surface area contributed by atoms with Gasteiger partial charge < -0.3 is 10.8 Å². The van der Waals surface area contributed by atoms with E-state index in [0.717, 1.165) is 5.56 Å². The summed E-state index contributed by atoms with van der Waals surface area (Å²) in [4.78, 5) is 11.2. The van der Waals surface area contributed by atoms with Crippen LogP contribution < -0.4 is 5.73 Å². The van der Waals surface area contributed by atoms with E-state index in [2.05, 4.69) is 0 Å². The number of carbonyl (C=O) groups is 1. The minimum Gasteiger partial charge on any atom is -0.396 e. The Morgan fingerprint density at radius 2 is 2.00 bits per heavy atom. The number of primary amides is 1. The van der Waals surface area contributed by atoms with Crippen LogP contribution in [0.1, 0.15) is 24.8 Å². The summed E-state index contributed by atoms with van der Waals surface area (Å²) in [7, 11) is 0. The molecule has 3 heteroatoms. The molecule has 0 aromatic heterocycles. The molecular formula is C12H17NO2. The lowest BCUT2D eigenvalue weighted by atomic mass is 9.84. The van der Waals surface area contributed by atoms with Gasteiger partial charge in [0.1, 0.15) is 0 Å². The molecule has 0 bridgehead atoms. The lowest BCUT2D eigenvalue weighted by Gasteiger charge is -2.21. The molecule has 15 heavy (non-hydrogen) atoms. The molecule has 1 aromatic carbocycles. The Bertz CT molecular complexity index is 311. The van der Waals surface area contributed by atoms with Gasteiger partial charge >= 0.3 is 0 Å². The predicted octanol–water partition coefficient (Wildman–Crippen LogP) is 1.27. The van der Waals surface area contributed by atoms with Crippen molar-refractivity contribution in [1.29, 1.82) is 0 Å². The van der Waals surface area contributed by atoms with Crippen molar-refractivity contribution < 1.29 is 9.90 Å². The second kappa shape index (κ2) is 5.51. The average molecular weight is 207 g/mol. The van der Waals surface area contributed by atoms with Crippen molar-refractivity contribution in [3.8, 4) is 0 Å². The van der Waals surface area contributed by atoms with Gasteiger partial charge in [0.15, 0.2) is 0 Å². The van der Waals surface area contributed by atoms with E-state index in [-0.39, 0.29) is 24.3 Å². The topological polar surface area (TPSA) is 63.3 Å². The fourth-order valence-corrected chi connectivity index (χ4v) is 1.85. The Hall–Kier alpha value is -1.35. The first-order valence-electron chi connectivity index (χ1n) is 5.15. The lowest BCUT2D eigenvalue weighted by molar-refractivity contribution is -0.123. The summed E-state index contributed by atoms with van der Waals surface area (Å²) in [5.74, 6) is -0.827. The number of aliphatic hydroxyl groups is 1. The minimum absolute atomic E-state index is 0.0501. The van der Waals surface area contributed by atoms with Crippen molar-refractivity contribution in [2.45, 2.75) is 19.3 Å². The third-order valence-electron chi connectivity index (χ3n) is 2.72. The summed E-state index contributed by atoms with van der Waals surface area (Å²) >= 11 is 0. The Morgan fingerprint density at radius 3 is 2.40 bits per heavy atom. The van der Waals surface area contributed by atoms with Crippen molar-refractivity contribution in [2.24, 2.45) is 11.7 Å². The number of amides is 1. The Labute approximate surface area is 89.9 Å². The van der Waals surface area contributed by atoms with Gasteiger partial charge in [-0.3, -0.25) is 4.79 Å². The maximum absolute atomic E-state index is 11.2. The number of hydrogen-bond donors (Lipinski definition) is 2. The molecule has 0 saturated heterocycles. The van der Waals surface area contributed by atoms with Gasteiger partial charge in [-0.2, -0.15) is 0 Å². The molecule has 0 fully saturated rings. The van der Waals surface area contributed by atoms with Gasteiger partial charge in [0.2, 0.25) is 5.91 Å². The Morgan fingerprint density at radius 1 is 1.40 bits per heavy atom. The maximum Gasteiger partial charge on any atom is 0.221 e. The highest BCUT2D eigenvalue weighted by Crippen LogP contribution is 2.26. The van der Waals surface area contributed by atoms with Gasteiger partial charge in [-0.15, -0.1) is 0 Å². The van der Waals surface area contributed by atoms with Crippen LogP contribution in [0.15, 0.2) is 30.3 Å². The molecule has 0 aliphatic heterocycles. The van der Waals surface area contributed by atoms with E-state index >= 15 is 0 Å². The second-order valence-corrected chi connectivity index (χ2v) is 3.62. The molecule has 0 spiro atoms. The maximum atomic E-state index is 11.2. The quantitative estimate of drug-likeness (QED) is 0.763. The molecule has 1 unspecified atom stereocenters. The standard InChI is InChI=1S/C12H17NO2/c1-2-10(12(13)15)11(8-14)9-6-4-3-5-7-9/h3-7,10-11,14H,2,8H2,1H3,(H2,13,15)/t10?,11-/m0/s1. The van der Waals surface area contributed by atoms with E-state index < -0.39 is 0 Å². The van der Waals surface area contributed by atoms with Gasteiger partial charge in [-0.1, -0.05) is 37.3 Å². The average Bonchev–Trinajstić information content (AvgIpc) is 2.26. The van der Waals surface area contributed by atoms with Crippen molar-refractivity contribution in [2.75, 3.05) is 6.61 Å². The number of hydrogen-bond acceptors (Lipinski definition) is 2. The largest absolute Gasteiger partial charge is 0.396 e. The molecule has 1 rings (SSSR count). The lowest BCUT2D eigenvalue weighted by Crippen LogP contribution is -2.30. The molecule has 3 nitrogen and oxygen atoms in total. The van der Waals surface area contributed by atoms with E-state index in [9.17, 15) is 9.90 Å². The van der Waals surface area contributed by atoms with Gasteiger partial charge in [-0.05, 0) is 12.0 Å². The first kappa shape index (κ1) is 11.7. The van der Waals surface area contributed by atoms with Crippen molar-refractivity contribution in [3.63, 3.8) is 0 Å². The van der Waals surface area contributed by atoms with E-state index in [1.807, 2.05) is 37.3 Å². The van der Waals surface area contributed by atoms with E-state index in [1.54, 1.807) is 0 Å². The Kier molecular flexibility index (Phi) is 4.31. The predicted molar refractivity (Wildman–Crippen MR) is 59.2 cm³/mol. The van der Waals surface area contributed by atoms with Crippen LogP contribution in [-0.4, -0.2) is 17.6 Å². The van der Waals surface area contributed by atoms with E-state index in [0.29, 0.717) is 6.42 Å². The van der Waals surface area contributed by atoms with Crippen molar-refractivity contribution >= 4 is 5.91 Å². The third-order valence-corrected chi connectivity index (χ3v) is 2.72. The third kappa shape index (κ3) is 2.80. The van der Waals surface area contributed by atoms with Gasteiger partial charge in [0.25, 0.3) is 0 Å². The molecular weight excluding hydrogens is 190 g/mol. The van der Waals surface area contributed by atoms with Crippen LogP contribution in [0.25, 0.3) is 0 Å². The van der Waals surface area contributed by atoms with E-state index in [1.165, 1.54) is 0 Å². The fourth-order valence-electron chi connectivity index (χ4n) is 1.85. The zero-order chi connectivity index (χ0) is 11.3. The van der Waals surface area contributed by atoms with Gasteiger partial charge in [0.05, 0.1) is 6.61 Å². The first-order valence-corrected chi connectivity index (χ1v) is 5.15. The van der Waals surface area contributed by atoms with Crippen LogP contribution in [-0.2, 0) is 4.79 Å². The molecule has 1 aromatic rings. The number of carbonyl (C=O) groups excluding carboxylic acids is 1. The highest BCUT2D eigenvalue weighted by Gasteiger charge is 2.25. The number of rotatable bonds is 5. The van der Waals surface area contributed by atoms with Crippen molar-refractivity contribution in [1.82, 2.24) is 0 Å². The fraction of sp³-hybridized carbons (Fsp3) is 0.417. The molecule has 2 atom stereocenters. The van der Waals surface area contributed by atoms with E-state index in [4.69, 9.17) is 5.73 Å². The summed E-state index contributed by atoms with van der Waals surface area (Å²) in [5, 5.41) is 9.32. The summed E-state index contributed by atoms with van der Waals surface area (Å²) in [6.45, 7) is 1.85. The zero-order valence-electron chi connectivity index (χ0n) is 8.89. The number of aliphatic hydroxyl groups excluding tert-OH is 1. The molecule has 0 saturated carbocycles. The summed E-state index contributed by atoms with van der Waals surface area (Å²) < 4.78 is 0. The van der Waals surface area contributed by atoms with Crippen LogP contribution in [0, 0.1) is 5.92 Å². The molecule has 0 aliphatic carbocycles. The van der Waals surface area contributed by atoms with Crippen LogP contribution in [0.5, 0.6) is 0 Å². The Balaban J connectivity index is 2.92. The minimum atomic E-state index is -0.347. The number of nitrogens with two attached hydrogens (primary N) is 1. The highest BCUT2D eigenvalue weighted by atomic mass is 16.3. The van der Waals surface area contributed by atoms with Gasteiger partial charge in [-0.25, -0.2) is 0 Å². The first-order chi connectivity index (χ1) is 7.20. The zero-order valence-corrected chi connectivity index (χ0v) is 8.89. The normalized spacial score (nSPS) is 14.5. The second-order valence-electron chi connectivity index (χ2n) is 3.62. The summed E-state index contributed by atoms with van der Waals surface area (Å²) in [6, 6.07) is 9.51. The van der Waals surface area contributed by atoms with Gasteiger partial charge in [0, 0.05) is 11.8 Å². The monoisotopic (exact) mass is 207 g/mol. The molecule has 0 aliphatic rings. The van der Waals surface area contributed by atoms with Crippen LogP contribution in [0.2, 0.25) is 0 Å². The molecule has 82 valence electrons. The molecule has 0 heterocycles. The van der Waals surface area contributed by atoms with Crippen LogP contribution in [0.4, 0.5) is 0 Å². The van der Waals surface area contributed by atoms with Crippen LogP contribution >= 0.6 is 0 Å². The smallest absolute Gasteiger partial charge is 0.221 e. The molecule has 0 radical (unpaired) electrons.